The third-order valence-corrected chi connectivity index (χ3v) is 17.5. The van der Waals surface area contributed by atoms with E-state index in [1.54, 1.807) is 58.0 Å². The Balaban J connectivity index is 1.38. The molecular weight excluding hydrogens is 1340 g/mol. The number of nitrogens with one attached hydrogen (secondary N) is 7. The lowest BCUT2D eigenvalue weighted by Gasteiger charge is -2.34. The Morgan fingerprint density at radius 3 is 1.42 bits per heavy atom. The van der Waals surface area contributed by atoms with Gasteiger partial charge in [0.15, 0.2) is 0 Å². The number of carboxylic acids is 5. The zero-order valence-electron chi connectivity index (χ0n) is 55.5. The summed E-state index contributed by atoms with van der Waals surface area (Å²) < 4.78 is 36.4. The second-order valence-corrected chi connectivity index (χ2v) is 26.1. The molecule has 36 heteroatoms. The van der Waals surface area contributed by atoms with E-state index in [1.165, 1.54) is 12.1 Å². The van der Waals surface area contributed by atoms with E-state index in [-0.39, 0.29) is 76.4 Å². The first-order valence-corrected chi connectivity index (χ1v) is 33.9. The van der Waals surface area contributed by atoms with Crippen molar-refractivity contribution in [1.29, 1.82) is 0 Å². The average Bonchev–Trinajstić information content (AvgIpc) is 1.55. The standard InChI is InChI=1S/C64H86N10O25S/c1-5-35(4)54(71-60(90)46-14-9-29-72(46)62(92)41(21-27-52(81)82)67-61(91)47(33-36-11-7-6-8-12-36)74-48(75)23-24-49(74)76)63(93)73-30-10-13-45(73)59(89)66-40(20-26-51(79)80)55(85)65-39(19-25-50(77)78)56(86)70-44(32-37-15-17-38(18-16-37)99-100(96,97)98)58(88)69-43(31-34(2)3)57(87)68-42(64(94)95)22-28-53(83)84/h6-8,11-12,15-18,34-35,39-47,54H,5,9-10,13-14,19-33H2,1-4H3,(H,65,85)(H,66,89)(H,67,91)(H,68,87)(H,69,88)(H,70,86)(H,71,90)(H,77,78)(H,79,80)(H,81,82)(H,83,84)(H,94,95)(H,96,97,98). The van der Waals surface area contributed by atoms with E-state index in [4.69, 9.17) is 5.11 Å². The Morgan fingerprint density at radius 2 is 0.930 bits per heavy atom. The lowest BCUT2D eigenvalue weighted by molar-refractivity contribution is -0.148. The van der Waals surface area contributed by atoms with Crippen LogP contribution in [-0.4, -0.2) is 222 Å². The van der Waals surface area contributed by atoms with Crippen molar-refractivity contribution in [2.45, 2.75) is 204 Å². The van der Waals surface area contributed by atoms with E-state index < -0.39 is 241 Å². The highest BCUT2D eigenvalue weighted by Gasteiger charge is 2.46. The highest BCUT2D eigenvalue weighted by molar-refractivity contribution is 7.81. The minimum Gasteiger partial charge on any atom is -0.481 e. The number of hydrogen-bond donors (Lipinski definition) is 13. The van der Waals surface area contributed by atoms with Crippen LogP contribution < -0.4 is 41.4 Å². The molecule has 0 saturated carbocycles. The number of rotatable bonds is 40. The van der Waals surface area contributed by atoms with Crippen molar-refractivity contribution in [3.05, 3.63) is 65.7 Å². The number of carbonyl (C=O) groups excluding carboxylic acids is 11. The Bertz CT molecular complexity index is 3470. The van der Waals surface area contributed by atoms with Crippen LogP contribution in [0, 0.1) is 11.8 Å². The van der Waals surface area contributed by atoms with E-state index in [0.29, 0.717) is 5.56 Å². The lowest BCUT2D eigenvalue weighted by atomic mass is 9.96. The number of carbonyl (C=O) groups is 16. The molecule has 13 N–H and O–H groups in total. The van der Waals surface area contributed by atoms with Crippen LogP contribution in [0.4, 0.5) is 0 Å². The van der Waals surface area contributed by atoms with Gasteiger partial charge in [-0.1, -0.05) is 76.6 Å². The normalized spacial score (nSPS) is 18.0. The Labute approximate surface area is 574 Å². The molecule has 35 nitrogen and oxygen atoms in total. The van der Waals surface area contributed by atoms with Gasteiger partial charge in [-0.05, 0) is 92.9 Å². The number of aliphatic carboxylic acids is 5. The zero-order valence-corrected chi connectivity index (χ0v) is 56.3. The summed E-state index contributed by atoms with van der Waals surface area (Å²) in [6, 6.07) is -3.05. The molecule has 100 heavy (non-hydrogen) atoms. The number of nitrogens with zero attached hydrogens (tertiary/aromatic N) is 3. The highest BCUT2D eigenvalue weighted by Crippen LogP contribution is 2.26. The van der Waals surface area contributed by atoms with E-state index in [0.717, 1.165) is 26.8 Å². The van der Waals surface area contributed by atoms with Crippen molar-refractivity contribution in [2.24, 2.45) is 11.8 Å². The van der Waals surface area contributed by atoms with Crippen LogP contribution in [0.5, 0.6) is 5.75 Å². The summed E-state index contributed by atoms with van der Waals surface area (Å²) in [6.45, 7) is 6.45. The maximum absolute atomic E-state index is 14.8. The zero-order chi connectivity index (χ0) is 74.3. The molecule has 11 amide bonds. The van der Waals surface area contributed by atoms with Crippen molar-refractivity contribution in [3.63, 3.8) is 0 Å². The molecule has 3 aliphatic rings. The summed E-state index contributed by atoms with van der Waals surface area (Å²) in [4.78, 5) is 218. The molecule has 2 aromatic carbocycles. The van der Waals surface area contributed by atoms with Crippen LogP contribution in [-0.2, 0) is 100.0 Å². The van der Waals surface area contributed by atoms with Gasteiger partial charge in [0.1, 0.15) is 66.2 Å². The summed E-state index contributed by atoms with van der Waals surface area (Å²) in [6.07, 6.45) is -5.83. The molecule has 0 aliphatic carbocycles. The van der Waals surface area contributed by atoms with Crippen LogP contribution in [0.2, 0.25) is 0 Å². The predicted octanol–water partition coefficient (Wildman–Crippen LogP) is -0.817. The molecule has 3 fully saturated rings. The molecule has 0 aromatic heterocycles. The van der Waals surface area contributed by atoms with Gasteiger partial charge in [0, 0.05) is 64.5 Å². The predicted molar refractivity (Wildman–Crippen MR) is 344 cm³/mol. The van der Waals surface area contributed by atoms with Crippen molar-refractivity contribution in [1.82, 2.24) is 51.9 Å². The summed E-state index contributed by atoms with van der Waals surface area (Å²) in [5.74, 6) is -19.2. The maximum Gasteiger partial charge on any atom is 0.446 e. The molecule has 11 unspecified atom stereocenters. The average molecular weight is 1430 g/mol. The van der Waals surface area contributed by atoms with E-state index in [9.17, 15) is 110 Å². The first-order chi connectivity index (χ1) is 47.1. The van der Waals surface area contributed by atoms with Crippen molar-refractivity contribution >= 4 is 105 Å². The van der Waals surface area contributed by atoms with Crippen LogP contribution >= 0.6 is 0 Å². The van der Waals surface area contributed by atoms with E-state index in [2.05, 4.69) is 41.4 Å². The number of benzene rings is 2. The third kappa shape index (κ3) is 24.7. The number of likely N-dealkylation sites (tertiary alicyclic amines) is 3. The Kier molecular flexibility index (Phi) is 30.4. The van der Waals surface area contributed by atoms with Crippen LogP contribution in [0.3, 0.4) is 0 Å². The number of amides is 11. The summed E-state index contributed by atoms with van der Waals surface area (Å²) in [7, 11) is -5.01. The Morgan fingerprint density at radius 1 is 0.510 bits per heavy atom. The van der Waals surface area contributed by atoms with Gasteiger partial charge in [0.25, 0.3) is 0 Å². The summed E-state index contributed by atoms with van der Waals surface area (Å²) >= 11 is 0. The highest BCUT2D eigenvalue weighted by atomic mass is 32.3. The maximum atomic E-state index is 14.8. The fourth-order valence-electron chi connectivity index (χ4n) is 11.7. The van der Waals surface area contributed by atoms with Crippen molar-refractivity contribution < 1.29 is 119 Å². The van der Waals surface area contributed by atoms with Crippen LogP contribution in [0.25, 0.3) is 0 Å². The molecule has 0 bridgehead atoms. The molecule has 5 rings (SSSR count). The van der Waals surface area contributed by atoms with Gasteiger partial charge < -0.3 is 76.7 Å². The molecule has 3 aliphatic heterocycles. The van der Waals surface area contributed by atoms with Gasteiger partial charge in [0.2, 0.25) is 65.0 Å². The third-order valence-electron chi connectivity index (χ3n) is 17.1. The Hall–Kier alpha value is -10.1. The van der Waals surface area contributed by atoms with Gasteiger partial charge in [-0.25, -0.2) is 4.79 Å². The van der Waals surface area contributed by atoms with Crippen LogP contribution in [0.1, 0.15) is 142 Å². The number of hydrogen-bond acceptors (Lipinski definition) is 19. The van der Waals surface area contributed by atoms with Gasteiger partial charge in [0.05, 0.1) is 0 Å². The first kappa shape index (κ1) is 80.6. The fourth-order valence-corrected chi connectivity index (χ4v) is 12.1. The molecule has 2 aromatic rings. The minimum absolute atomic E-state index is 0.0411. The van der Waals surface area contributed by atoms with E-state index >= 15 is 0 Å². The molecule has 0 spiro atoms. The van der Waals surface area contributed by atoms with Crippen LogP contribution in [0.15, 0.2) is 54.6 Å². The second-order valence-electron chi connectivity index (χ2n) is 25.0. The molecule has 3 heterocycles. The topological polar surface area (TPSA) is 532 Å². The second kappa shape index (κ2) is 37.7. The summed E-state index contributed by atoms with van der Waals surface area (Å²) in [5.41, 5.74) is 0.696. The quantitative estimate of drug-likeness (QED) is 0.0286. The van der Waals surface area contributed by atoms with Gasteiger partial charge in [-0.2, -0.15) is 8.42 Å². The lowest BCUT2D eigenvalue weighted by Crippen LogP contribution is -2.61. The summed E-state index contributed by atoms with van der Waals surface area (Å²) in [5, 5.41) is 65.2. The number of imide groups is 1. The SMILES string of the molecule is CCC(C)C(NC(=O)C1CCCN1C(=O)C(CCC(=O)O)NC(=O)C(Cc1ccccc1)N1C(=O)CCC1=O)C(=O)N1CCCC1C(=O)NC(CCC(=O)O)C(=O)NC(CCC(=O)O)C(=O)NC(Cc1ccc(OS(=O)(=O)O)cc1)C(=O)NC(CC(C)C)C(=O)NC(CCC(=O)O)C(=O)O. The molecule has 11 atom stereocenters. The van der Waals surface area contributed by atoms with Crippen molar-refractivity contribution in [2.75, 3.05) is 13.1 Å². The molecule has 3 saturated heterocycles. The van der Waals surface area contributed by atoms with E-state index in [1.807, 2.05) is 0 Å². The van der Waals surface area contributed by atoms with Gasteiger partial charge >= 0.3 is 40.2 Å². The first-order valence-electron chi connectivity index (χ1n) is 32.6. The minimum atomic E-state index is -5.01. The smallest absolute Gasteiger partial charge is 0.446 e. The van der Waals surface area contributed by atoms with Gasteiger partial charge in [-0.3, -0.25) is 81.4 Å². The fraction of sp³-hybridized carbons (Fsp3) is 0.562. The molecule has 548 valence electrons. The molecule has 0 radical (unpaired) electrons. The number of carboxylic acid groups (broad SMARTS) is 5. The van der Waals surface area contributed by atoms with Gasteiger partial charge in [-0.15, -0.1) is 0 Å². The molecular formula is C64H86N10O25S. The largest absolute Gasteiger partial charge is 0.481 e. The van der Waals surface area contributed by atoms with Crippen molar-refractivity contribution in [3.8, 4) is 5.75 Å². The monoisotopic (exact) mass is 1430 g/mol.